The fourth-order valence-electron chi connectivity index (χ4n) is 2.25. The number of pyridine rings is 1. The number of hydrogen-bond donors (Lipinski definition) is 1. The second kappa shape index (κ2) is 8.82. The molecular weight excluding hydrogens is 360 g/mol. The highest BCUT2D eigenvalue weighted by Gasteiger charge is 2.32. The predicted molar refractivity (Wildman–Crippen MR) is 106 cm³/mol. The van der Waals surface area contributed by atoms with Gasteiger partial charge in [0.05, 0.1) is 11.3 Å². The number of aromatic nitrogens is 4. The predicted octanol–water partition coefficient (Wildman–Crippen LogP) is 3.06. The Hall–Kier alpha value is -2.66. The van der Waals surface area contributed by atoms with E-state index in [0.717, 1.165) is 5.56 Å². The van der Waals surface area contributed by atoms with Gasteiger partial charge in [-0.2, -0.15) is 5.26 Å². The van der Waals surface area contributed by atoms with E-state index in [2.05, 4.69) is 33.1 Å². The van der Waals surface area contributed by atoms with Crippen LogP contribution in [0.3, 0.4) is 0 Å². The van der Waals surface area contributed by atoms with E-state index < -0.39 is 10.8 Å². The van der Waals surface area contributed by atoms with Gasteiger partial charge in [0.1, 0.15) is 5.54 Å². The maximum absolute atomic E-state index is 12.6. The molecule has 0 radical (unpaired) electrons. The van der Waals surface area contributed by atoms with Crippen molar-refractivity contribution in [2.45, 2.75) is 50.2 Å². The lowest BCUT2D eigenvalue weighted by Crippen LogP contribution is -2.51. The third kappa shape index (κ3) is 4.74. The van der Waals surface area contributed by atoms with Crippen LogP contribution in [0.1, 0.15) is 27.7 Å². The first-order chi connectivity index (χ1) is 12.8. The van der Waals surface area contributed by atoms with Crippen LogP contribution in [0, 0.1) is 17.2 Å². The highest BCUT2D eigenvalue weighted by molar-refractivity contribution is 8.00. The molecular formula is C19H24N6OS. The van der Waals surface area contributed by atoms with E-state index >= 15 is 0 Å². The number of allylic oxidation sites excluding steroid dienone is 1. The van der Waals surface area contributed by atoms with Crippen molar-refractivity contribution >= 4 is 17.7 Å². The van der Waals surface area contributed by atoms with Gasteiger partial charge in [-0.15, -0.1) is 16.8 Å². The molecule has 8 heteroatoms. The summed E-state index contributed by atoms with van der Waals surface area (Å²) in [4.78, 5) is 16.6. The first kappa shape index (κ1) is 20.6. The number of carbonyl (C=O) groups is 1. The van der Waals surface area contributed by atoms with Crippen molar-refractivity contribution in [3.63, 3.8) is 0 Å². The summed E-state index contributed by atoms with van der Waals surface area (Å²) in [5.74, 6) is 0.471. The Bertz CT molecular complexity index is 842. The molecule has 2 rings (SSSR count). The Morgan fingerprint density at radius 1 is 1.41 bits per heavy atom. The number of carbonyl (C=O) groups excluding carboxylic acids is 1. The molecule has 0 bridgehead atoms. The van der Waals surface area contributed by atoms with Crippen LogP contribution < -0.4 is 5.32 Å². The van der Waals surface area contributed by atoms with Gasteiger partial charge in [0, 0.05) is 24.5 Å². The van der Waals surface area contributed by atoms with Gasteiger partial charge >= 0.3 is 0 Å². The van der Waals surface area contributed by atoms with Gasteiger partial charge in [0.25, 0.3) is 0 Å². The van der Waals surface area contributed by atoms with Gasteiger partial charge < -0.3 is 5.32 Å². The molecule has 0 fully saturated rings. The molecule has 0 aliphatic carbocycles. The molecule has 2 aromatic rings. The van der Waals surface area contributed by atoms with Crippen molar-refractivity contribution in [2.24, 2.45) is 5.92 Å². The molecule has 0 aromatic carbocycles. The van der Waals surface area contributed by atoms with Crippen LogP contribution in [0.5, 0.6) is 0 Å². The Kier molecular flexibility index (Phi) is 6.75. The Labute approximate surface area is 163 Å². The lowest BCUT2D eigenvalue weighted by Gasteiger charge is -2.28. The van der Waals surface area contributed by atoms with Crippen LogP contribution in [0.2, 0.25) is 0 Å². The van der Waals surface area contributed by atoms with Gasteiger partial charge in [-0.25, -0.2) is 0 Å². The number of nitriles is 1. The first-order valence-electron chi connectivity index (χ1n) is 8.66. The van der Waals surface area contributed by atoms with E-state index in [-0.39, 0.29) is 11.8 Å². The fraction of sp³-hybridized carbons (Fsp3) is 0.421. The molecule has 0 saturated carbocycles. The normalized spacial score (nSPS) is 14.2. The molecule has 2 heterocycles. The molecule has 1 N–H and O–H groups in total. The third-order valence-electron chi connectivity index (χ3n) is 4.39. The van der Waals surface area contributed by atoms with Crippen LogP contribution in [-0.4, -0.2) is 36.4 Å². The zero-order valence-electron chi connectivity index (χ0n) is 16.0. The lowest BCUT2D eigenvalue weighted by molar-refractivity contribution is -0.121. The monoisotopic (exact) mass is 384 g/mol. The Morgan fingerprint density at radius 2 is 2.07 bits per heavy atom. The van der Waals surface area contributed by atoms with Gasteiger partial charge in [-0.1, -0.05) is 31.7 Å². The summed E-state index contributed by atoms with van der Waals surface area (Å²) in [5.41, 5.74) is -0.0248. The maximum Gasteiger partial charge on any atom is 0.234 e. The number of rotatable bonds is 8. The van der Waals surface area contributed by atoms with Crippen molar-refractivity contribution in [3.8, 4) is 17.5 Å². The number of nitrogens with zero attached hydrogens (tertiary/aromatic N) is 5. The first-order valence-corrected chi connectivity index (χ1v) is 9.54. The summed E-state index contributed by atoms with van der Waals surface area (Å²) in [6.45, 7) is 11.6. The van der Waals surface area contributed by atoms with Crippen molar-refractivity contribution < 1.29 is 4.79 Å². The molecule has 0 aliphatic rings. The minimum absolute atomic E-state index is 0.00800. The van der Waals surface area contributed by atoms with Crippen molar-refractivity contribution in [1.82, 2.24) is 25.1 Å². The molecule has 2 aromatic heterocycles. The van der Waals surface area contributed by atoms with Gasteiger partial charge in [-0.3, -0.25) is 14.3 Å². The van der Waals surface area contributed by atoms with E-state index in [0.29, 0.717) is 17.5 Å². The topological polar surface area (TPSA) is 96.5 Å². The zero-order valence-corrected chi connectivity index (χ0v) is 16.8. The minimum atomic E-state index is -0.914. The largest absolute Gasteiger partial charge is 0.337 e. The van der Waals surface area contributed by atoms with Crippen molar-refractivity contribution in [2.75, 3.05) is 0 Å². The lowest BCUT2D eigenvalue weighted by atomic mass is 9.90. The number of hydrogen-bond acceptors (Lipinski definition) is 6. The van der Waals surface area contributed by atoms with E-state index in [1.54, 1.807) is 32.3 Å². The second-order valence-corrected chi connectivity index (χ2v) is 7.97. The summed E-state index contributed by atoms with van der Waals surface area (Å²) in [6, 6.07) is 5.90. The zero-order chi connectivity index (χ0) is 20.0. The Morgan fingerprint density at radius 3 is 2.63 bits per heavy atom. The van der Waals surface area contributed by atoms with Crippen LogP contribution in [-0.2, 0) is 11.3 Å². The van der Waals surface area contributed by atoms with Crippen LogP contribution in [0.4, 0.5) is 0 Å². The van der Waals surface area contributed by atoms with E-state index in [9.17, 15) is 10.1 Å². The third-order valence-corrected chi connectivity index (χ3v) is 5.47. The summed E-state index contributed by atoms with van der Waals surface area (Å²) >= 11 is 1.30. The average Bonchev–Trinajstić information content (AvgIpc) is 3.04. The summed E-state index contributed by atoms with van der Waals surface area (Å²) in [6.07, 6.45) is 5.15. The Balaban J connectivity index is 2.22. The molecule has 7 nitrogen and oxygen atoms in total. The van der Waals surface area contributed by atoms with E-state index in [1.807, 2.05) is 30.5 Å². The summed E-state index contributed by atoms with van der Waals surface area (Å²) < 4.78 is 1.91. The maximum atomic E-state index is 12.6. The van der Waals surface area contributed by atoms with Crippen LogP contribution >= 0.6 is 11.8 Å². The molecule has 0 saturated heterocycles. The second-order valence-electron chi connectivity index (χ2n) is 6.66. The minimum Gasteiger partial charge on any atom is -0.337 e. The molecule has 2 atom stereocenters. The van der Waals surface area contributed by atoms with Crippen LogP contribution in [0.25, 0.3) is 11.4 Å². The molecule has 27 heavy (non-hydrogen) atoms. The van der Waals surface area contributed by atoms with Crippen LogP contribution in [0.15, 0.2) is 42.3 Å². The molecule has 142 valence electrons. The summed E-state index contributed by atoms with van der Waals surface area (Å²) in [5, 5.41) is 21.0. The quantitative estimate of drug-likeness (QED) is 0.555. The van der Waals surface area contributed by atoms with Crippen molar-refractivity contribution in [3.05, 3.63) is 37.2 Å². The smallest absolute Gasteiger partial charge is 0.234 e. The highest BCUT2D eigenvalue weighted by atomic mass is 32.2. The van der Waals surface area contributed by atoms with E-state index in [4.69, 9.17) is 0 Å². The van der Waals surface area contributed by atoms with Gasteiger partial charge in [0.15, 0.2) is 11.0 Å². The highest BCUT2D eigenvalue weighted by Crippen LogP contribution is 2.27. The number of thioether (sulfide) groups is 1. The van der Waals surface area contributed by atoms with Gasteiger partial charge in [-0.05, 0) is 31.9 Å². The van der Waals surface area contributed by atoms with E-state index in [1.165, 1.54) is 11.8 Å². The molecule has 1 amide bonds. The summed E-state index contributed by atoms with van der Waals surface area (Å²) in [7, 11) is 0. The van der Waals surface area contributed by atoms with Gasteiger partial charge in [0.2, 0.25) is 5.91 Å². The number of amides is 1. The SMILES string of the molecule is C=CCn1c(S[C@H](C)C(=O)N[C@@](C)(C#N)C(C)C)nnc1-c1ccncc1. The number of nitrogens with one attached hydrogen (secondary N) is 1. The molecule has 0 unspecified atom stereocenters. The standard InChI is InChI=1S/C19H24N6OS/c1-6-11-25-16(15-7-9-21-10-8-15)23-24-18(25)27-14(4)17(26)22-19(5,12-20)13(2)3/h6-10,13-14H,1,11H2,2-5H3,(H,22,26)/t14-,19+/m1/s1. The fourth-order valence-corrected chi connectivity index (χ4v) is 3.11. The molecule has 0 aliphatic heterocycles. The molecule has 0 spiro atoms. The van der Waals surface area contributed by atoms with Crippen molar-refractivity contribution in [1.29, 1.82) is 5.26 Å². The average molecular weight is 385 g/mol.